The molecule has 4 rings (SSSR count). The van der Waals surface area contributed by atoms with Crippen LogP contribution < -0.4 is 11.0 Å². The Morgan fingerprint density at radius 3 is 2.06 bits per heavy atom. The molecule has 0 aliphatic rings. The maximum Gasteiger partial charge on any atom is 0.276 e. The highest BCUT2D eigenvalue weighted by atomic mass is 19.2. The molecule has 33 heavy (non-hydrogen) atoms. The fourth-order valence-electron chi connectivity index (χ4n) is 2.96. The minimum Gasteiger partial charge on any atom is -0.319 e. The van der Waals surface area contributed by atoms with Crippen molar-refractivity contribution in [1.29, 1.82) is 0 Å². The molecule has 0 bridgehead atoms. The number of hydrogen-bond acceptors (Lipinski definition) is 5. The van der Waals surface area contributed by atoms with Crippen molar-refractivity contribution in [2.24, 2.45) is 5.10 Å². The van der Waals surface area contributed by atoms with E-state index < -0.39 is 57.4 Å². The van der Waals surface area contributed by atoms with Crippen LogP contribution in [0.15, 0.2) is 64.5 Å². The van der Waals surface area contributed by atoms with Crippen LogP contribution in [-0.2, 0) is 0 Å². The Hall–Kier alpha value is -4.41. The lowest BCUT2D eigenvalue weighted by Crippen LogP contribution is -2.29. The maximum atomic E-state index is 14.3. The zero-order valence-corrected chi connectivity index (χ0v) is 16.3. The van der Waals surface area contributed by atoms with Crippen LogP contribution in [0, 0.1) is 29.1 Å². The molecule has 0 saturated carbocycles. The van der Waals surface area contributed by atoms with Gasteiger partial charge in [0.15, 0.2) is 34.7 Å². The first-order chi connectivity index (χ1) is 15.8. The number of aromatic nitrogens is 2. The van der Waals surface area contributed by atoms with Crippen molar-refractivity contribution in [2.75, 3.05) is 5.43 Å². The summed E-state index contributed by atoms with van der Waals surface area (Å²) in [7, 11) is 0. The molecule has 0 saturated heterocycles. The van der Waals surface area contributed by atoms with E-state index in [2.05, 4.69) is 20.5 Å². The molecule has 0 fully saturated rings. The number of carbonyl (C=O) groups is 1. The van der Waals surface area contributed by atoms with Crippen LogP contribution in [0.25, 0.3) is 11.0 Å². The smallest absolute Gasteiger partial charge is 0.276 e. The number of hydrogen-bond donors (Lipinski definition) is 2. The third-order valence-electron chi connectivity index (χ3n) is 4.55. The number of carbonyl (C=O) groups excluding carboxylic acids is 1. The number of hydrazone groups is 1. The molecule has 0 unspecified atom stereocenters. The monoisotopic (exact) mass is 458 g/mol. The second-order valence-electron chi connectivity index (χ2n) is 6.64. The van der Waals surface area contributed by atoms with Crippen LogP contribution in [0.3, 0.4) is 0 Å². The second-order valence-corrected chi connectivity index (χ2v) is 6.64. The highest BCUT2D eigenvalue weighted by Gasteiger charge is 2.33. The van der Waals surface area contributed by atoms with Crippen molar-refractivity contribution in [3.05, 3.63) is 105 Å². The van der Waals surface area contributed by atoms with Crippen molar-refractivity contribution in [3.63, 3.8) is 0 Å². The number of halogens is 5. The molecule has 1 heterocycles. The van der Waals surface area contributed by atoms with Gasteiger partial charge in [0.2, 0.25) is 11.6 Å². The van der Waals surface area contributed by atoms with Crippen molar-refractivity contribution in [3.8, 4) is 0 Å². The largest absolute Gasteiger partial charge is 0.319 e. The van der Waals surface area contributed by atoms with Gasteiger partial charge in [-0.15, -0.1) is 0 Å². The van der Waals surface area contributed by atoms with Gasteiger partial charge >= 0.3 is 0 Å². The topological polar surface area (TPSA) is 87.2 Å². The summed E-state index contributed by atoms with van der Waals surface area (Å²) >= 11 is 0. The molecule has 2 N–H and O–H groups in total. The van der Waals surface area contributed by atoms with Crippen LogP contribution in [0.4, 0.5) is 27.6 Å². The average Bonchev–Trinajstić information content (AvgIpc) is 2.82. The van der Waals surface area contributed by atoms with Gasteiger partial charge in [-0.1, -0.05) is 30.3 Å². The normalized spacial score (nSPS) is 11.6. The molecule has 3 aromatic carbocycles. The van der Waals surface area contributed by atoms with Crippen LogP contribution in [-0.4, -0.2) is 21.5 Å². The van der Waals surface area contributed by atoms with E-state index in [4.69, 9.17) is 0 Å². The van der Waals surface area contributed by atoms with Crippen molar-refractivity contribution in [2.45, 2.75) is 0 Å². The van der Waals surface area contributed by atoms with E-state index in [0.717, 1.165) is 0 Å². The van der Waals surface area contributed by atoms with Gasteiger partial charge in [0, 0.05) is 0 Å². The Labute approximate surface area is 181 Å². The molecule has 4 aromatic rings. The van der Waals surface area contributed by atoms with E-state index in [-0.39, 0.29) is 11.0 Å². The van der Waals surface area contributed by atoms with Crippen LogP contribution in [0.1, 0.15) is 16.1 Å². The number of nitrogens with zero attached hydrogens (tertiary/aromatic N) is 2. The van der Waals surface area contributed by atoms with Crippen LogP contribution in [0.5, 0.6) is 0 Å². The minimum atomic E-state index is -2.43. The summed E-state index contributed by atoms with van der Waals surface area (Å²) in [5.74, 6) is -13.5. The molecule has 166 valence electrons. The Bertz CT molecular complexity index is 1460. The number of rotatable bonds is 5. The molecule has 0 amide bonds. The molecule has 0 spiro atoms. The zero-order chi connectivity index (χ0) is 23.7. The number of aromatic amines is 1. The van der Waals surface area contributed by atoms with E-state index >= 15 is 0 Å². The molecule has 0 aliphatic carbocycles. The Balaban J connectivity index is 1.94. The van der Waals surface area contributed by atoms with Crippen LogP contribution >= 0.6 is 0 Å². The van der Waals surface area contributed by atoms with Crippen molar-refractivity contribution < 1.29 is 26.7 Å². The zero-order valence-electron chi connectivity index (χ0n) is 16.3. The standard InChI is InChI=1S/C22H11F5N4O2/c23-14-13(15(24)17(26)18(27)16(14)25)21(32)19(31-30-10-6-2-1-3-7-10)20-22(33)29-12-9-5-4-8-11(12)28-20/h1-9,30H,(H,29,33)/b31-19+. The fraction of sp³-hybridized carbons (Fsp3) is 0. The number of para-hydroxylation sites is 3. The summed E-state index contributed by atoms with van der Waals surface area (Å²) in [5.41, 5.74) is -1.21. The van der Waals surface area contributed by atoms with E-state index in [9.17, 15) is 31.5 Å². The average molecular weight is 458 g/mol. The lowest BCUT2D eigenvalue weighted by atomic mass is 10.0. The Kier molecular flexibility index (Phi) is 5.69. The molecule has 6 nitrogen and oxygen atoms in total. The summed E-state index contributed by atoms with van der Waals surface area (Å²) < 4.78 is 69.5. The van der Waals surface area contributed by atoms with Gasteiger partial charge in [0.25, 0.3) is 5.56 Å². The molecule has 0 radical (unpaired) electrons. The quantitative estimate of drug-likeness (QED) is 0.117. The number of benzene rings is 3. The lowest BCUT2D eigenvalue weighted by Gasteiger charge is -2.10. The second kappa shape index (κ2) is 8.61. The van der Waals surface area contributed by atoms with E-state index in [0.29, 0.717) is 5.69 Å². The summed E-state index contributed by atoms with van der Waals surface area (Å²) in [6.07, 6.45) is 0. The van der Waals surface area contributed by atoms with Gasteiger partial charge in [-0.25, -0.2) is 26.9 Å². The van der Waals surface area contributed by atoms with Gasteiger partial charge in [0.05, 0.1) is 16.7 Å². The summed E-state index contributed by atoms with van der Waals surface area (Å²) in [4.78, 5) is 32.1. The number of fused-ring (bicyclic) bond motifs is 1. The Morgan fingerprint density at radius 1 is 0.818 bits per heavy atom. The van der Waals surface area contributed by atoms with Gasteiger partial charge in [0.1, 0.15) is 5.56 Å². The summed E-state index contributed by atoms with van der Waals surface area (Å²) in [6, 6.07) is 14.1. The number of nitrogens with one attached hydrogen (secondary N) is 2. The molecular weight excluding hydrogens is 447 g/mol. The predicted octanol–water partition coefficient (Wildman–Crippen LogP) is 4.32. The van der Waals surface area contributed by atoms with Gasteiger partial charge in [-0.2, -0.15) is 5.10 Å². The van der Waals surface area contributed by atoms with E-state index in [1.54, 1.807) is 30.3 Å². The van der Waals surface area contributed by atoms with Crippen LogP contribution in [0.2, 0.25) is 0 Å². The highest BCUT2D eigenvalue weighted by Crippen LogP contribution is 2.24. The van der Waals surface area contributed by atoms with Gasteiger partial charge in [-0.3, -0.25) is 15.0 Å². The number of anilines is 1. The summed E-state index contributed by atoms with van der Waals surface area (Å²) in [6.45, 7) is 0. The first kappa shape index (κ1) is 21.8. The number of H-pyrrole nitrogens is 1. The molecule has 11 heteroatoms. The maximum absolute atomic E-state index is 14.3. The predicted molar refractivity (Wildman–Crippen MR) is 110 cm³/mol. The number of ketones is 1. The fourth-order valence-corrected chi connectivity index (χ4v) is 2.96. The molecular formula is C22H11F5N4O2. The van der Waals surface area contributed by atoms with E-state index in [1.165, 1.54) is 24.3 Å². The number of Topliss-reactive ketones (excluding diaryl/α,β-unsaturated/α-hetero) is 1. The molecule has 1 aromatic heterocycles. The molecule has 0 atom stereocenters. The first-order valence-electron chi connectivity index (χ1n) is 9.24. The highest BCUT2D eigenvalue weighted by molar-refractivity contribution is 6.51. The van der Waals surface area contributed by atoms with Crippen molar-refractivity contribution in [1.82, 2.24) is 9.97 Å². The van der Waals surface area contributed by atoms with Crippen molar-refractivity contribution >= 4 is 28.2 Å². The van der Waals surface area contributed by atoms with Gasteiger partial charge < -0.3 is 4.98 Å². The molecule has 0 aliphatic heterocycles. The Morgan fingerprint density at radius 2 is 1.39 bits per heavy atom. The third-order valence-corrected chi connectivity index (χ3v) is 4.55. The first-order valence-corrected chi connectivity index (χ1v) is 9.24. The lowest BCUT2D eigenvalue weighted by molar-refractivity contribution is 0.105. The summed E-state index contributed by atoms with van der Waals surface area (Å²) in [5, 5.41) is 3.73. The van der Waals surface area contributed by atoms with Gasteiger partial charge in [-0.05, 0) is 24.3 Å². The minimum absolute atomic E-state index is 0.185. The van der Waals surface area contributed by atoms with E-state index in [1.807, 2.05) is 0 Å². The third kappa shape index (κ3) is 3.95. The SMILES string of the molecule is O=C(/C(=N/Nc1ccccc1)c1nc2ccccc2[nH]c1=O)c1c(F)c(F)c(F)c(F)c1F.